The summed E-state index contributed by atoms with van der Waals surface area (Å²) in [6, 6.07) is 3.38. The van der Waals surface area contributed by atoms with Crippen molar-refractivity contribution in [1.82, 2.24) is 10.2 Å². The van der Waals surface area contributed by atoms with Gasteiger partial charge in [-0.05, 0) is 24.1 Å². The fourth-order valence-electron chi connectivity index (χ4n) is 3.17. The number of nitrogens with zero attached hydrogens (tertiary/aromatic N) is 4. The molecule has 3 rings (SSSR count). The van der Waals surface area contributed by atoms with Crippen LogP contribution in [-0.4, -0.2) is 64.3 Å². The van der Waals surface area contributed by atoms with E-state index >= 15 is 0 Å². The summed E-state index contributed by atoms with van der Waals surface area (Å²) in [4.78, 5) is 52.8. The molecule has 0 aromatic heterocycles. The van der Waals surface area contributed by atoms with E-state index in [1.807, 2.05) is 0 Å². The van der Waals surface area contributed by atoms with Crippen LogP contribution < -0.4 is 5.32 Å². The first-order valence-corrected chi connectivity index (χ1v) is 10.1. The van der Waals surface area contributed by atoms with Crippen molar-refractivity contribution < 1.29 is 28.1 Å². The minimum Gasteiger partial charge on any atom is -0.380 e. The number of benzene rings is 1. The van der Waals surface area contributed by atoms with Crippen LogP contribution in [0.25, 0.3) is 10.4 Å². The van der Waals surface area contributed by atoms with Gasteiger partial charge in [-0.3, -0.25) is 33.6 Å². The second-order valence-corrected chi connectivity index (χ2v) is 7.78. The highest BCUT2D eigenvalue weighted by Crippen LogP contribution is 2.31. The van der Waals surface area contributed by atoms with Gasteiger partial charge in [0.2, 0.25) is 11.8 Å². The number of ether oxygens (including phenoxy) is 1. The molecule has 2 unspecified atom stereocenters. The maximum Gasteiger partial charge on any atom is 0.263 e. The number of fused-ring (bicyclic) bond motifs is 1. The lowest BCUT2D eigenvalue weighted by Crippen LogP contribution is -2.54. The zero-order valence-corrected chi connectivity index (χ0v) is 16.0. The Morgan fingerprint density at radius 3 is 2.76 bits per heavy atom. The lowest BCUT2D eigenvalue weighted by molar-refractivity contribution is -0.136. The monoisotopic (exact) mass is 419 g/mol. The maximum absolute atomic E-state index is 12.9. The molecular formula is C17H17N5O6S. The predicted molar refractivity (Wildman–Crippen MR) is 99.2 cm³/mol. The number of hydrogen-bond donors (Lipinski definition) is 1. The minimum atomic E-state index is -1.63. The highest BCUT2D eigenvalue weighted by molar-refractivity contribution is 7.85. The second kappa shape index (κ2) is 8.95. The molecular weight excluding hydrogens is 402 g/mol. The molecule has 11 nitrogen and oxygen atoms in total. The van der Waals surface area contributed by atoms with Gasteiger partial charge in [0.1, 0.15) is 6.04 Å². The van der Waals surface area contributed by atoms with E-state index in [0.717, 1.165) is 4.90 Å². The quantitative estimate of drug-likeness (QED) is 0.213. The highest BCUT2D eigenvalue weighted by atomic mass is 32.2. The van der Waals surface area contributed by atoms with Crippen LogP contribution in [0, 0.1) is 0 Å². The van der Waals surface area contributed by atoms with E-state index in [9.17, 15) is 23.4 Å². The first-order chi connectivity index (χ1) is 14.0. The average Bonchev–Trinajstić information content (AvgIpc) is 2.95. The molecule has 0 spiro atoms. The van der Waals surface area contributed by atoms with Crippen molar-refractivity contribution in [3.8, 4) is 0 Å². The fourth-order valence-corrected chi connectivity index (χ4v) is 4.31. The number of carbonyl (C=O) groups excluding carboxylic acids is 4. The molecule has 2 atom stereocenters. The Bertz CT molecular complexity index is 958. The van der Waals surface area contributed by atoms with Crippen LogP contribution >= 0.6 is 0 Å². The number of azide groups is 1. The van der Waals surface area contributed by atoms with Gasteiger partial charge in [0.05, 0.1) is 45.8 Å². The van der Waals surface area contributed by atoms with Gasteiger partial charge in [-0.25, -0.2) is 0 Å². The third-order valence-corrected chi connectivity index (χ3v) is 5.86. The van der Waals surface area contributed by atoms with E-state index in [1.54, 1.807) is 0 Å². The molecule has 12 heteroatoms. The average molecular weight is 419 g/mol. The SMILES string of the molecule is [N-]=[N+]=NCCOCCS(=O)c1cccc2c1C(=O)N(C1CCC(=O)NC1=O)C2=O. The first kappa shape index (κ1) is 20.6. The van der Waals surface area contributed by atoms with Crippen LogP contribution in [0.4, 0.5) is 0 Å². The number of carbonyl (C=O) groups is 4. The number of piperidine rings is 1. The third-order valence-electron chi connectivity index (χ3n) is 4.49. The van der Waals surface area contributed by atoms with Gasteiger partial charge in [0.15, 0.2) is 0 Å². The Kier molecular flexibility index (Phi) is 6.37. The van der Waals surface area contributed by atoms with E-state index in [1.165, 1.54) is 18.2 Å². The molecule has 0 aliphatic carbocycles. The molecule has 1 fully saturated rings. The van der Waals surface area contributed by atoms with Gasteiger partial charge in [-0.15, -0.1) is 0 Å². The molecule has 1 aromatic carbocycles. The molecule has 1 saturated heterocycles. The molecule has 1 N–H and O–H groups in total. The summed E-state index contributed by atoms with van der Waals surface area (Å²) in [6.45, 7) is 0.433. The molecule has 0 bridgehead atoms. The standard InChI is InChI=1S/C17H17N5O6S/c18-21-19-6-7-28-8-9-29(27)12-3-1-2-10-14(12)17(26)22(16(10)25)11-4-5-13(23)20-15(11)24/h1-3,11H,4-9H2,(H,20,23,24). The van der Waals surface area contributed by atoms with E-state index in [4.69, 9.17) is 10.3 Å². The fraction of sp³-hybridized carbons (Fsp3) is 0.412. The predicted octanol–water partition coefficient (Wildman–Crippen LogP) is 0.522. The lowest BCUT2D eigenvalue weighted by atomic mass is 10.0. The molecule has 0 radical (unpaired) electrons. The van der Waals surface area contributed by atoms with Crippen LogP contribution in [0.5, 0.6) is 0 Å². The molecule has 29 heavy (non-hydrogen) atoms. The number of nitrogens with one attached hydrogen (secondary N) is 1. The summed E-state index contributed by atoms with van der Waals surface area (Å²) in [5.74, 6) is -2.43. The van der Waals surface area contributed by atoms with Crippen molar-refractivity contribution in [2.45, 2.75) is 23.8 Å². The summed E-state index contributed by atoms with van der Waals surface area (Å²) in [5, 5.41) is 5.44. The molecule has 152 valence electrons. The molecule has 4 amide bonds. The Morgan fingerprint density at radius 2 is 2.03 bits per heavy atom. The Labute approximate surface area is 167 Å². The smallest absolute Gasteiger partial charge is 0.263 e. The van der Waals surface area contributed by atoms with Crippen LogP contribution in [0.1, 0.15) is 33.6 Å². The van der Waals surface area contributed by atoms with Gasteiger partial charge in [-0.2, -0.15) is 0 Å². The Hall–Kier alpha value is -3.08. The Balaban J connectivity index is 1.76. The van der Waals surface area contributed by atoms with Crippen LogP contribution in [0.3, 0.4) is 0 Å². The molecule has 2 aliphatic heterocycles. The molecule has 2 aliphatic rings. The third kappa shape index (κ3) is 4.19. The van der Waals surface area contributed by atoms with E-state index in [0.29, 0.717) is 0 Å². The second-order valence-electron chi connectivity index (χ2n) is 6.24. The van der Waals surface area contributed by atoms with Gasteiger partial charge in [0.25, 0.3) is 11.8 Å². The number of hydrogen-bond acceptors (Lipinski definition) is 7. The number of imide groups is 2. The van der Waals surface area contributed by atoms with Crippen molar-refractivity contribution in [3.05, 3.63) is 39.8 Å². The van der Waals surface area contributed by atoms with Crippen molar-refractivity contribution >= 4 is 34.4 Å². The van der Waals surface area contributed by atoms with Gasteiger partial charge >= 0.3 is 0 Å². The number of rotatable bonds is 8. The molecule has 2 heterocycles. The zero-order chi connectivity index (χ0) is 21.0. The normalized spacial score (nSPS) is 19.6. The summed E-state index contributed by atoms with van der Waals surface area (Å²) >= 11 is 0. The van der Waals surface area contributed by atoms with Gasteiger partial charge < -0.3 is 4.74 Å². The maximum atomic E-state index is 12.9. The lowest BCUT2D eigenvalue weighted by Gasteiger charge is -2.27. The van der Waals surface area contributed by atoms with Crippen LogP contribution in [0.15, 0.2) is 28.2 Å². The minimum absolute atomic E-state index is 0.00890. The van der Waals surface area contributed by atoms with E-state index in [2.05, 4.69) is 15.3 Å². The summed E-state index contributed by atoms with van der Waals surface area (Å²) < 4.78 is 17.9. The topological polar surface area (TPSA) is 159 Å². The summed E-state index contributed by atoms with van der Waals surface area (Å²) in [6.07, 6.45) is 0.0728. The van der Waals surface area contributed by atoms with E-state index < -0.39 is 40.5 Å². The molecule has 1 aromatic rings. The summed E-state index contributed by atoms with van der Waals surface area (Å²) in [5.41, 5.74) is 8.28. The van der Waals surface area contributed by atoms with Crippen molar-refractivity contribution in [1.29, 1.82) is 0 Å². The first-order valence-electron chi connectivity index (χ1n) is 8.77. The highest BCUT2D eigenvalue weighted by Gasteiger charge is 2.45. The van der Waals surface area contributed by atoms with Crippen LogP contribution in [0.2, 0.25) is 0 Å². The largest absolute Gasteiger partial charge is 0.380 e. The van der Waals surface area contributed by atoms with Crippen molar-refractivity contribution in [2.75, 3.05) is 25.5 Å². The van der Waals surface area contributed by atoms with Crippen molar-refractivity contribution in [3.63, 3.8) is 0 Å². The van der Waals surface area contributed by atoms with Gasteiger partial charge in [0, 0.05) is 17.9 Å². The number of amides is 4. The Morgan fingerprint density at radius 1 is 1.24 bits per heavy atom. The van der Waals surface area contributed by atoms with E-state index in [-0.39, 0.29) is 54.4 Å². The zero-order valence-electron chi connectivity index (χ0n) is 15.2. The van der Waals surface area contributed by atoms with Crippen molar-refractivity contribution in [2.24, 2.45) is 5.11 Å². The van der Waals surface area contributed by atoms with Gasteiger partial charge in [-0.1, -0.05) is 11.2 Å². The summed E-state index contributed by atoms with van der Waals surface area (Å²) in [7, 11) is -1.63. The molecule has 0 saturated carbocycles. The van der Waals surface area contributed by atoms with Crippen LogP contribution in [-0.2, 0) is 25.1 Å².